The van der Waals surface area contributed by atoms with Gasteiger partial charge >= 0.3 is 0 Å². The summed E-state index contributed by atoms with van der Waals surface area (Å²) >= 11 is 0. The molecular weight excluding hydrogens is 648 g/mol. The normalized spacial score (nSPS) is 17.3. The van der Waals surface area contributed by atoms with Gasteiger partial charge in [0.05, 0.1) is 35.5 Å². The Morgan fingerprint density at radius 2 is 1.08 bits per heavy atom. The highest BCUT2D eigenvalue weighted by Gasteiger charge is 2.32. The monoisotopic (exact) mass is 698 g/mol. The number of aromatic hydroxyl groups is 2. The predicted octanol–water partition coefficient (Wildman–Crippen LogP) is 7.26. The second-order valence-corrected chi connectivity index (χ2v) is 13.0. The Morgan fingerprint density at radius 3 is 1.67 bits per heavy atom. The maximum absolute atomic E-state index is 10.8. The van der Waals surface area contributed by atoms with E-state index in [1.165, 1.54) is 11.1 Å². The molecule has 0 spiro atoms. The molecule has 2 heterocycles. The van der Waals surface area contributed by atoms with E-state index in [9.17, 15) is 10.2 Å². The van der Waals surface area contributed by atoms with Gasteiger partial charge in [-0.3, -0.25) is 9.80 Å². The number of phenols is 2. The van der Waals surface area contributed by atoms with Crippen LogP contribution in [0.5, 0.6) is 51.7 Å². The summed E-state index contributed by atoms with van der Waals surface area (Å²) in [5, 5.41) is 21.4. The molecule has 0 radical (unpaired) electrons. The number of hydrogen-bond donors (Lipinski definition) is 2. The maximum atomic E-state index is 10.8. The van der Waals surface area contributed by atoms with E-state index in [0.29, 0.717) is 53.1 Å². The Morgan fingerprint density at radius 1 is 0.549 bits per heavy atom. The number of methoxy groups -OCH3 is 5. The molecule has 2 atom stereocenters. The van der Waals surface area contributed by atoms with Gasteiger partial charge in [-0.2, -0.15) is 0 Å². The standard InChI is InChI=1S/C41H50N2O8/c1-8-42-14-13-27-20-39(49-6)41(23-30(27)31(42)16-25-10-11-35(46-3)33(44)17-25)51-36-24-40(50-7)38(48-5)21-28(36)18-32-29-22-34(45)37(47-4)19-26(29)12-15-43(32)9-2/h10-11,17,19-24,31-32,44-45H,8-9,12-16,18H2,1-7H3/t31-,32+/m1/s1. The third-order valence-electron chi connectivity index (χ3n) is 10.5. The van der Waals surface area contributed by atoms with E-state index < -0.39 is 0 Å². The molecule has 10 nitrogen and oxygen atoms in total. The zero-order valence-corrected chi connectivity index (χ0v) is 30.7. The van der Waals surface area contributed by atoms with Gasteiger partial charge in [0.1, 0.15) is 5.75 Å². The lowest BCUT2D eigenvalue weighted by molar-refractivity contribution is 0.191. The average molecular weight is 699 g/mol. The van der Waals surface area contributed by atoms with Gasteiger partial charge in [-0.05, 0) is 109 Å². The molecule has 272 valence electrons. The fraction of sp³-hybridized carbons (Fsp3) is 0.415. The summed E-state index contributed by atoms with van der Waals surface area (Å²) < 4.78 is 35.1. The number of rotatable bonds is 13. The lowest BCUT2D eigenvalue weighted by Gasteiger charge is -2.38. The molecule has 10 heteroatoms. The number of likely N-dealkylation sites (N-methyl/N-ethyl adjacent to an activating group) is 2. The van der Waals surface area contributed by atoms with Crippen LogP contribution in [0.2, 0.25) is 0 Å². The molecule has 0 unspecified atom stereocenters. The Kier molecular flexibility index (Phi) is 11.0. The Hall–Kier alpha value is -4.80. The molecule has 2 aliphatic heterocycles. The number of hydrogen-bond acceptors (Lipinski definition) is 10. The van der Waals surface area contributed by atoms with E-state index in [2.05, 4.69) is 35.8 Å². The molecular formula is C41H50N2O8. The molecule has 4 aromatic rings. The summed E-state index contributed by atoms with van der Waals surface area (Å²) in [7, 11) is 8.05. The van der Waals surface area contributed by atoms with Gasteiger partial charge < -0.3 is 38.6 Å². The van der Waals surface area contributed by atoms with E-state index in [4.69, 9.17) is 28.4 Å². The fourth-order valence-electron chi connectivity index (χ4n) is 7.74. The molecule has 0 saturated heterocycles. The lowest BCUT2D eigenvalue weighted by atomic mass is 9.87. The Bertz CT molecular complexity index is 1860. The molecule has 4 aromatic carbocycles. The summed E-state index contributed by atoms with van der Waals surface area (Å²) in [6.07, 6.45) is 3.06. The van der Waals surface area contributed by atoms with Gasteiger partial charge in [0.2, 0.25) is 0 Å². The number of phenolic OH excluding ortho intramolecular Hbond substituents is 2. The van der Waals surface area contributed by atoms with E-state index in [-0.39, 0.29) is 23.6 Å². The highest BCUT2D eigenvalue weighted by Crippen LogP contribution is 2.46. The van der Waals surface area contributed by atoms with Crippen molar-refractivity contribution >= 4 is 0 Å². The second kappa shape index (κ2) is 15.6. The van der Waals surface area contributed by atoms with E-state index in [1.54, 1.807) is 41.6 Å². The summed E-state index contributed by atoms with van der Waals surface area (Å²) in [5.41, 5.74) is 6.56. The molecule has 2 N–H and O–H groups in total. The predicted molar refractivity (Wildman–Crippen MR) is 197 cm³/mol. The quantitative estimate of drug-likeness (QED) is 0.148. The first kappa shape index (κ1) is 36.0. The number of ether oxygens (including phenoxy) is 6. The molecule has 0 bridgehead atoms. The van der Waals surface area contributed by atoms with Gasteiger partial charge in [-0.1, -0.05) is 19.9 Å². The van der Waals surface area contributed by atoms with Crippen LogP contribution in [0.4, 0.5) is 0 Å². The third-order valence-corrected chi connectivity index (χ3v) is 10.5. The minimum Gasteiger partial charge on any atom is -0.504 e. The molecule has 51 heavy (non-hydrogen) atoms. The molecule has 6 rings (SSSR count). The van der Waals surface area contributed by atoms with Crippen molar-refractivity contribution in [1.29, 1.82) is 0 Å². The van der Waals surface area contributed by atoms with Crippen molar-refractivity contribution < 1.29 is 38.6 Å². The van der Waals surface area contributed by atoms with Gasteiger partial charge in [0.25, 0.3) is 0 Å². The van der Waals surface area contributed by atoms with Gasteiger partial charge in [-0.15, -0.1) is 0 Å². The van der Waals surface area contributed by atoms with Crippen molar-refractivity contribution in [3.8, 4) is 51.7 Å². The van der Waals surface area contributed by atoms with Crippen LogP contribution in [0, 0.1) is 0 Å². The van der Waals surface area contributed by atoms with Crippen molar-refractivity contribution in [2.75, 3.05) is 61.7 Å². The van der Waals surface area contributed by atoms with Crippen molar-refractivity contribution in [2.24, 2.45) is 0 Å². The van der Waals surface area contributed by atoms with Crippen LogP contribution in [0.1, 0.15) is 59.3 Å². The zero-order chi connectivity index (χ0) is 36.2. The van der Waals surface area contributed by atoms with Crippen LogP contribution in [0.25, 0.3) is 0 Å². The van der Waals surface area contributed by atoms with E-state index in [1.807, 2.05) is 36.4 Å². The summed E-state index contributed by atoms with van der Waals surface area (Å²) in [4.78, 5) is 4.89. The zero-order valence-electron chi connectivity index (χ0n) is 30.7. The first-order valence-corrected chi connectivity index (χ1v) is 17.6. The first-order valence-electron chi connectivity index (χ1n) is 17.6. The Labute approximate surface area is 301 Å². The molecule has 0 aromatic heterocycles. The third kappa shape index (κ3) is 7.21. The molecule has 0 fully saturated rings. The SMILES string of the molecule is CCN1CCc2cc(OC)c(Oc3cc(OC)c(OC)cc3C[C@H]3c4cc(O)c(OC)cc4CCN3CC)cc2[C@H]1Cc1ccc(OC)c(O)c1. The smallest absolute Gasteiger partial charge is 0.169 e. The van der Waals surface area contributed by atoms with Crippen molar-refractivity contribution in [2.45, 2.75) is 51.6 Å². The van der Waals surface area contributed by atoms with E-state index >= 15 is 0 Å². The number of fused-ring (bicyclic) bond motifs is 2. The topological polar surface area (TPSA) is 102 Å². The summed E-state index contributed by atoms with van der Waals surface area (Å²) in [6.45, 7) is 7.86. The fourth-order valence-corrected chi connectivity index (χ4v) is 7.74. The van der Waals surface area contributed by atoms with Crippen LogP contribution in [-0.4, -0.2) is 81.7 Å². The Balaban J connectivity index is 1.41. The lowest BCUT2D eigenvalue weighted by Crippen LogP contribution is -2.36. The first-order chi connectivity index (χ1) is 24.7. The largest absolute Gasteiger partial charge is 0.504 e. The van der Waals surface area contributed by atoms with Gasteiger partial charge in [-0.25, -0.2) is 0 Å². The van der Waals surface area contributed by atoms with Gasteiger partial charge in [0.15, 0.2) is 46.0 Å². The minimum absolute atomic E-state index is 0.0233. The summed E-state index contributed by atoms with van der Waals surface area (Å²) in [6, 6.07) is 17.5. The van der Waals surface area contributed by atoms with Crippen molar-refractivity contribution in [3.05, 3.63) is 88.0 Å². The maximum Gasteiger partial charge on any atom is 0.169 e. The van der Waals surface area contributed by atoms with Crippen LogP contribution in [0.3, 0.4) is 0 Å². The van der Waals surface area contributed by atoms with Crippen molar-refractivity contribution in [3.63, 3.8) is 0 Å². The highest BCUT2D eigenvalue weighted by molar-refractivity contribution is 5.57. The number of nitrogens with zero attached hydrogens (tertiary/aromatic N) is 2. The number of benzene rings is 4. The van der Waals surface area contributed by atoms with Crippen LogP contribution >= 0.6 is 0 Å². The van der Waals surface area contributed by atoms with Crippen LogP contribution in [-0.2, 0) is 25.7 Å². The molecule has 0 saturated carbocycles. The van der Waals surface area contributed by atoms with Crippen LogP contribution in [0.15, 0.2) is 54.6 Å². The highest BCUT2D eigenvalue weighted by atomic mass is 16.5. The average Bonchev–Trinajstić information content (AvgIpc) is 3.15. The molecule has 2 aliphatic rings. The van der Waals surface area contributed by atoms with Gasteiger partial charge in [0, 0.05) is 36.8 Å². The van der Waals surface area contributed by atoms with Crippen LogP contribution < -0.4 is 28.4 Å². The van der Waals surface area contributed by atoms with E-state index in [0.717, 1.165) is 61.3 Å². The van der Waals surface area contributed by atoms with Crippen molar-refractivity contribution in [1.82, 2.24) is 9.80 Å². The summed E-state index contributed by atoms with van der Waals surface area (Å²) in [5.74, 6) is 4.24. The second-order valence-electron chi connectivity index (χ2n) is 13.0. The minimum atomic E-state index is -0.0233. The molecule has 0 amide bonds. The molecule has 0 aliphatic carbocycles.